The van der Waals surface area contributed by atoms with Gasteiger partial charge >= 0.3 is 6.09 Å². The molecule has 0 atom stereocenters. The van der Waals surface area contributed by atoms with Crippen LogP contribution >= 0.6 is 0 Å². The standard InChI is InChI=1S/C28H34N4O6S/c1-17-4-5-19-14-20(27(33)30-26(19)18(17)2)16-32(22-8-6-21(7-9-22)29-28(34)35)39(36,37)23-10-11-24-25(15-23)38-13-12-31(24)3/h4-5,10-11,14-15,21-22,29H,6-9,12-13,16H2,1-3H3,(H,30,33)(H,34,35). The maximum absolute atomic E-state index is 14.2. The average Bonchev–Trinajstić information content (AvgIpc) is 2.90. The third-order valence-corrected chi connectivity index (χ3v) is 9.91. The number of rotatable bonds is 6. The molecule has 1 aliphatic carbocycles. The number of aromatic nitrogens is 1. The highest BCUT2D eigenvalue weighted by Crippen LogP contribution is 2.36. The summed E-state index contributed by atoms with van der Waals surface area (Å²) in [6.07, 6.45) is 0.868. The van der Waals surface area contributed by atoms with Gasteiger partial charge in [0.2, 0.25) is 10.0 Å². The van der Waals surface area contributed by atoms with Crippen molar-refractivity contribution in [3.05, 3.63) is 63.4 Å². The lowest BCUT2D eigenvalue weighted by atomic mass is 9.91. The smallest absolute Gasteiger partial charge is 0.404 e. The Labute approximate surface area is 227 Å². The second kappa shape index (κ2) is 10.5. The predicted molar refractivity (Wildman–Crippen MR) is 149 cm³/mol. The number of likely N-dealkylation sites (N-methyl/N-ethyl adjacent to an activating group) is 1. The highest BCUT2D eigenvalue weighted by Gasteiger charge is 2.36. The van der Waals surface area contributed by atoms with E-state index in [-0.39, 0.29) is 23.0 Å². The van der Waals surface area contributed by atoms with E-state index in [4.69, 9.17) is 9.84 Å². The van der Waals surface area contributed by atoms with Crippen LogP contribution < -0.4 is 20.5 Å². The second-order valence-corrected chi connectivity index (χ2v) is 12.4. The normalized spacial score (nSPS) is 19.5. The molecule has 1 saturated carbocycles. The van der Waals surface area contributed by atoms with Gasteiger partial charge in [-0.25, -0.2) is 13.2 Å². The molecule has 1 fully saturated rings. The number of hydrogen-bond donors (Lipinski definition) is 3. The molecule has 0 unspecified atom stereocenters. The summed E-state index contributed by atoms with van der Waals surface area (Å²) in [5.41, 5.74) is 3.63. The summed E-state index contributed by atoms with van der Waals surface area (Å²) >= 11 is 0. The van der Waals surface area contributed by atoms with E-state index in [0.717, 1.165) is 27.7 Å². The summed E-state index contributed by atoms with van der Waals surface area (Å²) in [6.45, 7) is 5.00. The molecule has 11 heteroatoms. The van der Waals surface area contributed by atoms with Crippen LogP contribution in [0.25, 0.3) is 10.9 Å². The fraction of sp³-hybridized carbons (Fsp3) is 0.429. The topological polar surface area (TPSA) is 132 Å². The molecule has 2 heterocycles. The lowest BCUT2D eigenvalue weighted by Gasteiger charge is -2.36. The number of aromatic amines is 1. The lowest BCUT2D eigenvalue weighted by molar-refractivity contribution is 0.176. The Balaban J connectivity index is 1.53. The number of H-pyrrole nitrogens is 1. The third kappa shape index (κ3) is 5.33. The number of pyridine rings is 1. The molecule has 2 aliphatic rings. The predicted octanol–water partition coefficient (Wildman–Crippen LogP) is 3.74. The zero-order chi connectivity index (χ0) is 27.9. The number of carbonyl (C=O) groups is 1. The van der Waals surface area contributed by atoms with Crippen LogP contribution in [0.4, 0.5) is 10.5 Å². The van der Waals surface area contributed by atoms with Crippen molar-refractivity contribution in [2.24, 2.45) is 0 Å². The largest absolute Gasteiger partial charge is 0.490 e. The van der Waals surface area contributed by atoms with Gasteiger partial charge in [-0.05, 0) is 74.2 Å². The van der Waals surface area contributed by atoms with Crippen LogP contribution in [-0.2, 0) is 16.6 Å². The molecule has 2 aromatic carbocycles. The molecule has 5 rings (SSSR count). The highest BCUT2D eigenvalue weighted by molar-refractivity contribution is 7.89. The molecular weight excluding hydrogens is 520 g/mol. The second-order valence-electron chi connectivity index (χ2n) is 10.5. The molecule has 0 saturated heterocycles. The van der Waals surface area contributed by atoms with Crippen LogP contribution in [0, 0.1) is 13.8 Å². The molecule has 39 heavy (non-hydrogen) atoms. The van der Waals surface area contributed by atoms with Crippen LogP contribution in [0.5, 0.6) is 5.75 Å². The quantitative estimate of drug-likeness (QED) is 0.423. The Bertz CT molecular complexity index is 1580. The van der Waals surface area contributed by atoms with Gasteiger partial charge < -0.3 is 25.0 Å². The summed E-state index contributed by atoms with van der Waals surface area (Å²) in [6, 6.07) is 9.95. The molecule has 0 spiro atoms. The van der Waals surface area contributed by atoms with Crippen LogP contribution in [0.2, 0.25) is 0 Å². The lowest BCUT2D eigenvalue weighted by Crippen LogP contribution is -2.46. The fourth-order valence-corrected chi connectivity index (χ4v) is 7.26. The van der Waals surface area contributed by atoms with Crippen LogP contribution in [0.3, 0.4) is 0 Å². The maximum atomic E-state index is 14.2. The van der Waals surface area contributed by atoms with Gasteiger partial charge in [0.1, 0.15) is 12.4 Å². The Morgan fingerprint density at radius 2 is 1.90 bits per heavy atom. The van der Waals surface area contributed by atoms with Crippen molar-refractivity contribution in [1.29, 1.82) is 0 Å². The average molecular weight is 555 g/mol. The number of nitrogens with zero attached hydrogens (tertiary/aromatic N) is 2. The molecule has 1 amide bonds. The first-order chi connectivity index (χ1) is 18.5. The number of hydrogen-bond acceptors (Lipinski definition) is 6. The summed E-state index contributed by atoms with van der Waals surface area (Å²) in [5, 5.41) is 12.5. The Hall–Kier alpha value is -3.57. The van der Waals surface area contributed by atoms with E-state index < -0.39 is 22.2 Å². The number of ether oxygens (including phenoxy) is 1. The van der Waals surface area contributed by atoms with Crippen LogP contribution in [0.1, 0.15) is 42.4 Å². The van der Waals surface area contributed by atoms with Crippen molar-refractivity contribution >= 4 is 32.7 Å². The Kier molecular flexibility index (Phi) is 7.30. The summed E-state index contributed by atoms with van der Waals surface area (Å²) in [5.74, 6) is 0.508. The van der Waals surface area contributed by atoms with Crippen LogP contribution in [-0.4, -0.2) is 61.2 Å². The van der Waals surface area contributed by atoms with Crippen molar-refractivity contribution in [2.45, 2.75) is 63.1 Å². The molecule has 0 radical (unpaired) electrons. The summed E-state index contributed by atoms with van der Waals surface area (Å²) in [7, 11) is -2.10. The zero-order valence-corrected chi connectivity index (χ0v) is 23.2. The van der Waals surface area contributed by atoms with Crippen LogP contribution in [0.15, 0.2) is 46.1 Å². The van der Waals surface area contributed by atoms with Gasteiger partial charge in [-0.3, -0.25) is 4.79 Å². The molecule has 1 aliphatic heterocycles. The monoisotopic (exact) mass is 554 g/mol. The van der Waals surface area contributed by atoms with Gasteiger partial charge in [0.25, 0.3) is 5.56 Å². The minimum absolute atomic E-state index is 0.0972. The molecular formula is C28H34N4O6S. The minimum atomic E-state index is -4.03. The number of sulfonamides is 1. The van der Waals surface area contributed by atoms with E-state index in [2.05, 4.69) is 10.3 Å². The minimum Gasteiger partial charge on any atom is -0.490 e. The Morgan fingerprint density at radius 3 is 2.62 bits per heavy atom. The molecule has 3 aromatic rings. The highest BCUT2D eigenvalue weighted by atomic mass is 32.2. The van der Waals surface area contributed by atoms with E-state index in [1.807, 2.05) is 37.9 Å². The van der Waals surface area contributed by atoms with Gasteiger partial charge in [0, 0.05) is 37.3 Å². The van der Waals surface area contributed by atoms with E-state index in [1.54, 1.807) is 24.3 Å². The SMILES string of the molecule is Cc1ccc2cc(CN(C3CCC(NC(=O)O)CC3)S(=O)(=O)c3ccc4c(c3)OCCN4C)c(=O)[nH]c2c1C. The summed E-state index contributed by atoms with van der Waals surface area (Å²) < 4.78 is 35.5. The van der Waals surface area contributed by atoms with Crippen molar-refractivity contribution in [3.8, 4) is 5.75 Å². The number of nitrogens with one attached hydrogen (secondary N) is 2. The van der Waals surface area contributed by atoms with E-state index in [0.29, 0.717) is 50.1 Å². The fourth-order valence-electron chi connectivity index (χ4n) is 5.58. The zero-order valence-electron chi connectivity index (χ0n) is 22.4. The van der Waals surface area contributed by atoms with Gasteiger partial charge in [-0.1, -0.05) is 12.1 Å². The van der Waals surface area contributed by atoms with Gasteiger partial charge in [0.15, 0.2) is 0 Å². The molecule has 1 aromatic heterocycles. The Morgan fingerprint density at radius 1 is 1.15 bits per heavy atom. The molecule has 10 nitrogen and oxygen atoms in total. The van der Waals surface area contributed by atoms with Crippen molar-refractivity contribution in [2.75, 3.05) is 25.1 Å². The molecule has 0 bridgehead atoms. The van der Waals surface area contributed by atoms with E-state index in [9.17, 15) is 18.0 Å². The third-order valence-electron chi connectivity index (χ3n) is 8.02. The number of anilines is 1. The first-order valence-electron chi connectivity index (χ1n) is 13.2. The van der Waals surface area contributed by atoms with E-state index in [1.165, 1.54) is 4.31 Å². The van der Waals surface area contributed by atoms with Gasteiger partial charge in [-0.2, -0.15) is 4.31 Å². The number of carboxylic acid groups (broad SMARTS) is 1. The van der Waals surface area contributed by atoms with Crippen molar-refractivity contribution < 1.29 is 23.1 Å². The van der Waals surface area contributed by atoms with E-state index >= 15 is 0 Å². The van der Waals surface area contributed by atoms with Crippen molar-refractivity contribution in [1.82, 2.24) is 14.6 Å². The number of aryl methyl sites for hydroxylation is 2. The molecule has 208 valence electrons. The first kappa shape index (κ1) is 27.0. The summed E-state index contributed by atoms with van der Waals surface area (Å²) in [4.78, 5) is 29.4. The molecule has 3 N–H and O–H groups in total. The first-order valence-corrected chi connectivity index (χ1v) is 14.6. The number of fused-ring (bicyclic) bond motifs is 2. The maximum Gasteiger partial charge on any atom is 0.404 e. The van der Waals surface area contributed by atoms with Gasteiger partial charge in [0.05, 0.1) is 22.6 Å². The van der Waals surface area contributed by atoms with Crippen molar-refractivity contribution in [3.63, 3.8) is 0 Å². The number of amides is 1. The van der Waals surface area contributed by atoms with Gasteiger partial charge in [-0.15, -0.1) is 0 Å². The number of benzene rings is 2.